The molecule has 152 valence electrons. The Bertz CT molecular complexity index is 1060. The van der Waals surface area contributed by atoms with Crippen LogP contribution in [0.3, 0.4) is 0 Å². The molecule has 0 aliphatic heterocycles. The molecule has 0 bridgehead atoms. The van der Waals surface area contributed by atoms with Crippen LogP contribution in [0.5, 0.6) is 0 Å². The summed E-state index contributed by atoms with van der Waals surface area (Å²) in [5, 5.41) is 6.16. The maximum atomic E-state index is 14.2. The van der Waals surface area contributed by atoms with Crippen LogP contribution in [0.2, 0.25) is 0 Å². The van der Waals surface area contributed by atoms with E-state index in [1.54, 1.807) is 13.8 Å². The van der Waals surface area contributed by atoms with Gasteiger partial charge in [0.05, 0.1) is 28.2 Å². The van der Waals surface area contributed by atoms with Gasteiger partial charge in [0.2, 0.25) is 0 Å². The van der Waals surface area contributed by atoms with Crippen LogP contribution in [0.1, 0.15) is 50.3 Å². The van der Waals surface area contributed by atoms with Gasteiger partial charge in [0, 0.05) is 12.1 Å². The Morgan fingerprint density at radius 1 is 1.17 bits per heavy atom. The molecule has 1 aromatic carbocycles. The van der Waals surface area contributed by atoms with Crippen LogP contribution >= 0.6 is 11.3 Å². The predicted molar refractivity (Wildman–Crippen MR) is 111 cm³/mol. The summed E-state index contributed by atoms with van der Waals surface area (Å²) in [4.78, 5) is 29.9. The van der Waals surface area contributed by atoms with Crippen LogP contribution in [0, 0.1) is 25.6 Å². The Morgan fingerprint density at radius 3 is 2.59 bits per heavy atom. The van der Waals surface area contributed by atoms with Crippen molar-refractivity contribution in [1.29, 1.82) is 0 Å². The highest BCUT2D eigenvalue weighted by Gasteiger charge is 2.18. The van der Waals surface area contributed by atoms with Crippen molar-refractivity contribution in [2.75, 3.05) is 10.6 Å². The topological polar surface area (TPSA) is 84.2 Å². The number of anilines is 2. The molecule has 6 nitrogen and oxygen atoms in total. The van der Waals surface area contributed by atoms with E-state index in [1.165, 1.54) is 41.9 Å². The Balaban J connectivity index is 1.76. The van der Waals surface area contributed by atoms with Crippen molar-refractivity contribution in [3.8, 4) is 0 Å². The van der Waals surface area contributed by atoms with Gasteiger partial charge in [0.25, 0.3) is 11.8 Å². The molecule has 0 saturated carbocycles. The van der Waals surface area contributed by atoms with Crippen LogP contribution in [0.4, 0.5) is 15.8 Å². The number of nitrogens with one attached hydrogen (secondary N) is 2. The van der Waals surface area contributed by atoms with Crippen molar-refractivity contribution in [3.63, 3.8) is 0 Å². The zero-order valence-corrected chi connectivity index (χ0v) is 17.4. The van der Waals surface area contributed by atoms with Crippen molar-refractivity contribution in [2.45, 2.75) is 34.1 Å². The summed E-state index contributed by atoms with van der Waals surface area (Å²) >= 11 is 1.36. The zero-order valence-electron chi connectivity index (χ0n) is 16.6. The number of carbonyl (C=O) groups excluding carboxylic acids is 2. The number of benzene rings is 1. The van der Waals surface area contributed by atoms with E-state index in [9.17, 15) is 14.0 Å². The average Bonchev–Trinajstić information content (AvgIpc) is 3.22. The van der Waals surface area contributed by atoms with Crippen LogP contribution in [-0.2, 0) is 6.42 Å². The van der Waals surface area contributed by atoms with Gasteiger partial charge in [-0.3, -0.25) is 9.59 Å². The number of carbonyl (C=O) groups is 2. The molecular formula is C21H22FN3O3S. The summed E-state index contributed by atoms with van der Waals surface area (Å²) in [5.41, 5.74) is 1.31. The molecule has 29 heavy (non-hydrogen) atoms. The first kappa shape index (κ1) is 20.7. The third-order valence-corrected chi connectivity index (χ3v) is 5.38. The maximum absolute atomic E-state index is 14.2. The van der Waals surface area contributed by atoms with Gasteiger partial charge >= 0.3 is 0 Å². The van der Waals surface area contributed by atoms with Gasteiger partial charge in [-0.05, 0) is 44.0 Å². The third kappa shape index (κ3) is 4.89. The second-order valence-electron chi connectivity index (χ2n) is 7.11. The standard InChI is InChI=1S/C21H22FN3O3S/c1-11(2)9-18-23-12(3)19(29-18)21(27)24-14-5-6-16(22)17(10-14)25-20(26)15-7-8-28-13(15)4/h5-8,10-11H,9H2,1-4H3,(H,24,27)(H,25,26). The molecule has 2 heterocycles. The fourth-order valence-corrected chi connectivity index (χ4v) is 3.97. The van der Waals surface area contributed by atoms with Crippen LogP contribution in [-0.4, -0.2) is 16.8 Å². The molecule has 0 unspecified atom stereocenters. The molecular weight excluding hydrogens is 393 g/mol. The molecule has 3 rings (SSSR count). The van der Waals surface area contributed by atoms with Gasteiger partial charge in [-0.2, -0.15) is 0 Å². The minimum absolute atomic E-state index is 0.0325. The smallest absolute Gasteiger partial charge is 0.267 e. The first-order valence-electron chi connectivity index (χ1n) is 9.17. The van der Waals surface area contributed by atoms with E-state index in [1.807, 2.05) is 0 Å². The molecule has 0 aliphatic rings. The molecule has 0 saturated heterocycles. The molecule has 2 N–H and O–H groups in total. The second-order valence-corrected chi connectivity index (χ2v) is 8.20. The number of nitrogens with zero attached hydrogens (tertiary/aromatic N) is 1. The lowest BCUT2D eigenvalue weighted by Crippen LogP contribution is -2.15. The molecule has 3 aromatic rings. The lowest BCUT2D eigenvalue weighted by Gasteiger charge is -2.09. The van der Waals surface area contributed by atoms with Crippen LogP contribution in [0.15, 0.2) is 34.9 Å². The van der Waals surface area contributed by atoms with E-state index in [2.05, 4.69) is 29.5 Å². The van der Waals surface area contributed by atoms with Gasteiger partial charge in [-0.25, -0.2) is 9.37 Å². The maximum Gasteiger partial charge on any atom is 0.267 e. The Labute approximate surface area is 172 Å². The predicted octanol–water partition coefficient (Wildman–Crippen LogP) is 5.20. The number of hydrogen-bond acceptors (Lipinski definition) is 5. The minimum atomic E-state index is -0.606. The summed E-state index contributed by atoms with van der Waals surface area (Å²) in [6.45, 7) is 7.62. The highest BCUT2D eigenvalue weighted by molar-refractivity contribution is 7.13. The van der Waals surface area contributed by atoms with E-state index in [0.717, 1.165) is 11.4 Å². The number of aromatic nitrogens is 1. The van der Waals surface area contributed by atoms with E-state index in [0.29, 0.717) is 33.5 Å². The summed E-state index contributed by atoms with van der Waals surface area (Å²) < 4.78 is 19.3. The highest BCUT2D eigenvalue weighted by Crippen LogP contribution is 2.25. The molecule has 0 fully saturated rings. The number of thiazole rings is 1. The van der Waals surface area contributed by atoms with E-state index in [4.69, 9.17) is 4.42 Å². The summed E-state index contributed by atoms with van der Waals surface area (Å²) in [6.07, 6.45) is 2.20. The van der Waals surface area contributed by atoms with Gasteiger partial charge in [-0.15, -0.1) is 11.3 Å². The number of halogens is 1. The average molecular weight is 415 g/mol. The van der Waals surface area contributed by atoms with Crippen LogP contribution < -0.4 is 10.6 Å². The number of amides is 2. The molecule has 2 amide bonds. The Morgan fingerprint density at radius 2 is 1.93 bits per heavy atom. The Kier molecular flexibility index (Phi) is 6.12. The van der Waals surface area contributed by atoms with E-state index >= 15 is 0 Å². The van der Waals surface area contributed by atoms with Gasteiger partial charge in [0.1, 0.15) is 16.5 Å². The molecule has 8 heteroatoms. The SMILES string of the molecule is Cc1nc(CC(C)C)sc1C(=O)Nc1ccc(F)c(NC(=O)c2ccoc2C)c1. The fraction of sp³-hybridized carbons (Fsp3) is 0.286. The molecule has 0 aliphatic carbocycles. The number of furan rings is 1. The fourth-order valence-electron chi connectivity index (χ4n) is 2.80. The van der Waals surface area contributed by atoms with Gasteiger partial charge < -0.3 is 15.1 Å². The lowest BCUT2D eigenvalue weighted by molar-refractivity contribution is 0.101. The first-order valence-corrected chi connectivity index (χ1v) is 9.99. The minimum Gasteiger partial charge on any atom is -0.469 e. The number of hydrogen-bond donors (Lipinski definition) is 2. The Hall–Kier alpha value is -3.00. The van der Waals surface area contributed by atoms with E-state index in [-0.39, 0.29) is 11.6 Å². The van der Waals surface area contributed by atoms with Crippen molar-refractivity contribution >= 4 is 34.5 Å². The molecule has 0 radical (unpaired) electrons. The largest absolute Gasteiger partial charge is 0.469 e. The third-order valence-electron chi connectivity index (χ3n) is 4.21. The van der Waals surface area contributed by atoms with Crippen molar-refractivity contribution in [1.82, 2.24) is 4.98 Å². The summed E-state index contributed by atoms with van der Waals surface area (Å²) in [7, 11) is 0. The molecule has 0 atom stereocenters. The monoisotopic (exact) mass is 415 g/mol. The first-order chi connectivity index (χ1) is 13.7. The van der Waals surface area contributed by atoms with Crippen molar-refractivity contribution in [2.24, 2.45) is 5.92 Å². The normalized spacial score (nSPS) is 11.0. The number of aryl methyl sites for hydroxylation is 2. The zero-order chi connectivity index (χ0) is 21.1. The lowest BCUT2D eigenvalue weighted by atomic mass is 10.1. The van der Waals surface area contributed by atoms with Gasteiger partial charge in [0.15, 0.2) is 0 Å². The highest BCUT2D eigenvalue weighted by atomic mass is 32.1. The molecule has 0 spiro atoms. The quantitative estimate of drug-likeness (QED) is 0.580. The van der Waals surface area contributed by atoms with Crippen molar-refractivity contribution in [3.05, 3.63) is 63.2 Å². The second kappa shape index (κ2) is 8.57. The van der Waals surface area contributed by atoms with Crippen molar-refractivity contribution < 1.29 is 18.4 Å². The summed E-state index contributed by atoms with van der Waals surface area (Å²) in [5.74, 6) is -0.533. The van der Waals surface area contributed by atoms with E-state index < -0.39 is 11.7 Å². The number of rotatable bonds is 6. The summed E-state index contributed by atoms with van der Waals surface area (Å²) in [6, 6.07) is 5.52. The molecule has 2 aromatic heterocycles. The van der Waals surface area contributed by atoms with Crippen LogP contribution in [0.25, 0.3) is 0 Å². The van der Waals surface area contributed by atoms with Gasteiger partial charge in [-0.1, -0.05) is 13.8 Å².